The van der Waals surface area contributed by atoms with Crippen LogP contribution in [-0.2, 0) is 13.0 Å². The Morgan fingerprint density at radius 1 is 1.30 bits per heavy atom. The number of aliphatic hydroxyl groups excluding tert-OH is 1. The second-order valence-corrected chi connectivity index (χ2v) is 5.55. The molecule has 0 fully saturated rings. The summed E-state index contributed by atoms with van der Waals surface area (Å²) in [5, 5.41) is 23.2. The van der Waals surface area contributed by atoms with Crippen molar-refractivity contribution in [1.82, 2.24) is 5.32 Å². The molecule has 1 aromatic heterocycles. The highest BCUT2D eigenvalue weighted by atomic mass is 32.1. The van der Waals surface area contributed by atoms with Crippen LogP contribution in [-0.4, -0.2) is 28.8 Å². The van der Waals surface area contributed by atoms with Gasteiger partial charge in [-0.3, -0.25) is 0 Å². The van der Waals surface area contributed by atoms with E-state index in [1.165, 1.54) is 11.3 Å². The highest BCUT2D eigenvalue weighted by molar-refractivity contribution is 7.10. The summed E-state index contributed by atoms with van der Waals surface area (Å²) in [5.74, 6) is -0.907. The maximum absolute atomic E-state index is 10.8. The largest absolute Gasteiger partial charge is 0.478 e. The Hall–Kier alpha value is -1.69. The predicted molar refractivity (Wildman–Crippen MR) is 79.1 cm³/mol. The number of aliphatic hydroxyl groups is 1. The Morgan fingerprint density at radius 3 is 2.65 bits per heavy atom. The summed E-state index contributed by atoms with van der Waals surface area (Å²) in [5.41, 5.74) is 1.48. The summed E-state index contributed by atoms with van der Waals surface area (Å²) >= 11 is 1.41. The standard InChI is InChI=1S/C15H17NO3S/c17-9-13(6-11-4-2-1-3-5-11)16-8-14-7-12(10-20-14)15(18)19/h1-5,7,10,13,16-17H,6,8-9H2,(H,18,19)/t13-/m0/s1. The molecular weight excluding hydrogens is 274 g/mol. The van der Waals surface area contributed by atoms with Gasteiger partial charge in [0, 0.05) is 22.8 Å². The quantitative estimate of drug-likeness (QED) is 0.731. The molecule has 0 amide bonds. The van der Waals surface area contributed by atoms with Gasteiger partial charge in [0.15, 0.2) is 0 Å². The normalized spacial score (nSPS) is 12.2. The number of carboxylic acid groups (broad SMARTS) is 1. The van der Waals surface area contributed by atoms with E-state index in [1.807, 2.05) is 30.3 Å². The van der Waals surface area contributed by atoms with Gasteiger partial charge < -0.3 is 15.5 Å². The molecule has 2 rings (SSSR count). The Bertz CT molecular complexity index is 553. The van der Waals surface area contributed by atoms with Crippen LogP contribution in [0.15, 0.2) is 41.8 Å². The summed E-state index contributed by atoms with van der Waals surface area (Å²) in [6, 6.07) is 11.6. The van der Waals surface area contributed by atoms with E-state index in [9.17, 15) is 9.90 Å². The molecule has 0 unspecified atom stereocenters. The van der Waals surface area contributed by atoms with Crippen LogP contribution in [0.2, 0.25) is 0 Å². The van der Waals surface area contributed by atoms with E-state index in [0.717, 1.165) is 16.9 Å². The van der Waals surface area contributed by atoms with Crippen LogP contribution < -0.4 is 5.32 Å². The van der Waals surface area contributed by atoms with E-state index in [2.05, 4.69) is 5.32 Å². The van der Waals surface area contributed by atoms with Crippen molar-refractivity contribution >= 4 is 17.3 Å². The monoisotopic (exact) mass is 291 g/mol. The zero-order chi connectivity index (χ0) is 14.4. The minimum atomic E-state index is -0.907. The third kappa shape index (κ3) is 4.16. The summed E-state index contributed by atoms with van der Waals surface area (Å²) in [4.78, 5) is 11.7. The van der Waals surface area contributed by atoms with Crippen molar-refractivity contribution < 1.29 is 15.0 Å². The van der Waals surface area contributed by atoms with Gasteiger partial charge in [-0.2, -0.15) is 0 Å². The topological polar surface area (TPSA) is 69.6 Å². The fourth-order valence-corrected chi connectivity index (χ4v) is 2.74. The highest BCUT2D eigenvalue weighted by Gasteiger charge is 2.10. The molecule has 0 spiro atoms. The molecule has 1 aromatic carbocycles. The molecule has 0 aliphatic rings. The molecule has 0 saturated heterocycles. The van der Waals surface area contributed by atoms with E-state index < -0.39 is 5.97 Å². The molecule has 0 aliphatic heterocycles. The van der Waals surface area contributed by atoms with E-state index >= 15 is 0 Å². The number of hydrogen-bond acceptors (Lipinski definition) is 4. The number of carboxylic acids is 1. The van der Waals surface area contributed by atoms with Gasteiger partial charge in [0.2, 0.25) is 0 Å². The molecule has 0 bridgehead atoms. The van der Waals surface area contributed by atoms with Gasteiger partial charge in [-0.15, -0.1) is 11.3 Å². The minimum Gasteiger partial charge on any atom is -0.478 e. The second-order valence-electron chi connectivity index (χ2n) is 4.56. The summed E-state index contributed by atoms with van der Waals surface area (Å²) in [6.07, 6.45) is 0.745. The molecule has 5 heteroatoms. The molecule has 2 aromatic rings. The fourth-order valence-electron chi connectivity index (χ4n) is 1.93. The second kappa shape index (κ2) is 7.19. The minimum absolute atomic E-state index is 0.0345. The lowest BCUT2D eigenvalue weighted by Gasteiger charge is -2.15. The van der Waals surface area contributed by atoms with Crippen molar-refractivity contribution in [3.8, 4) is 0 Å². The van der Waals surface area contributed by atoms with Gasteiger partial charge in [-0.25, -0.2) is 4.79 Å². The summed E-state index contributed by atoms with van der Waals surface area (Å²) < 4.78 is 0. The average Bonchev–Trinajstić information content (AvgIpc) is 2.93. The van der Waals surface area contributed by atoms with Crippen LogP contribution in [0.3, 0.4) is 0 Å². The van der Waals surface area contributed by atoms with Gasteiger partial charge in [0.25, 0.3) is 0 Å². The molecule has 0 saturated carbocycles. The first-order chi connectivity index (χ1) is 9.69. The number of benzene rings is 1. The van der Waals surface area contributed by atoms with Crippen LogP contribution in [0, 0.1) is 0 Å². The Labute approximate surface area is 121 Å². The number of rotatable bonds is 7. The maximum Gasteiger partial charge on any atom is 0.336 e. The van der Waals surface area contributed by atoms with Crippen LogP contribution in [0.5, 0.6) is 0 Å². The Kier molecular flexibility index (Phi) is 5.29. The molecule has 4 nitrogen and oxygen atoms in total. The Morgan fingerprint density at radius 2 is 2.05 bits per heavy atom. The van der Waals surface area contributed by atoms with Gasteiger partial charge in [-0.1, -0.05) is 30.3 Å². The molecule has 3 N–H and O–H groups in total. The molecule has 1 heterocycles. The molecule has 106 valence electrons. The third-order valence-corrected chi connectivity index (χ3v) is 3.95. The number of hydrogen-bond donors (Lipinski definition) is 3. The molecule has 0 radical (unpaired) electrons. The van der Waals surface area contributed by atoms with Crippen LogP contribution in [0.1, 0.15) is 20.8 Å². The van der Waals surface area contributed by atoms with E-state index in [-0.39, 0.29) is 12.6 Å². The molecule has 20 heavy (non-hydrogen) atoms. The number of aromatic carboxylic acids is 1. The van der Waals surface area contributed by atoms with E-state index in [0.29, 0.717) is 12.1 Å². The van der Waals surface area contributed by atoms with Crippen LogP contribution in [0.4, 0.5) is 0 Å². The molecule has 0 aliphatic carbocycles. The van der Waals surface area contributed by atoms with Gasteiger partial charge in [0.05, 0.1) is 12.2 Å². The van der Waals surface area contributed by atoms with Crippen LogP contribution in [0.25, 0.3) is 0 Å². The lowest BCUT2D eigenvalue weighted by molar-refractivity contribution is 0.0697. The first kappa shape index (κ1) is 14.7. The van der Waals surface area contributed by atoms with Crippen molar-refractivity contribution in [2.45, 2.75) is 19.0 Å². The van der Waals surface area contributed by atoms with E-state index in [4.69, 9.17) is 5.11 Å². The van der Waals surface area contributed by atoms with Crippen molar-refractivity contribution in [3.63, 3.8) is 0 Å². The van der Waals surface area contributed by atoms with Crippen LogP contribution >= 0.6 is 11.3 Å². The van der Waals surface area contributed by atoms with Crippen molar-refractivity contribution in [2.75, 3.05) is 6.61 Å². The third-order valence-electron chi connectivity index (χ3n) is 3.01. The number of thiophene rings is 1. The zero-order valence-electron chi connectivity index (χ0n) is 11.0. The zero-order valence-corrected chi connectivity index (χ0v) is 11.8. The lowest BCUT2D eigenvalue weighted by atomic mass is 10.1. The van der Waals surface area contributed by atoms with Crippen molar-refractivity contribution in [1.29, 1.82) is 0 Å². The highest BCUT2D eigenvalue weighted by Crippen LogP contribution is 2.15. The van der Waals surface area contributed by atoms with Gasteiger partial charge in [0.1, 0.15) is 0 Å². The molecule has 1 atom stereocenters. The number of nitrogens with one attached hydrogen (secondary N) is 1. The van der Waals surface area contributed by atoms with E-state index in [1.54, 1.807) is 11.4 Å². The first-order valence-corrected chi connectivity index (χ1v) is 7.26. The predicted octanol–water partition coefficient (Wildman–Crippen LogP) is 2.14. The Balaban J connectivity index is 1.88. The maximum atomic E-state index is 10.8. The number of carbonyl (C=O) groups is 1. The van der Waals surface area contributed by atoms with Gasteiger partial charge >= 0.3 is 5.97 Å². The van der Waals surface area contributed by atoms with Crippen molar-refractivity contribution in [3.05, 3.63) is 57.8 Å². The fraction of sp³-hybridized carbons (Fsp3) is 0.267. The first-order valence-electron chi connectivity index (χ1n) is 6.38. The summed E-state index contributed by atoms with van der Waals surface area (Å²) in [6.45, 7) is 0.613. The molecular formula is C15H17NO3S. The smallest absolute Gasteiger partial charge is 0.336 e. The SMILES string of the molecule is O=C(O)c1csc(CN[C@H](CO)Cc2ccccc2)c1. The van der Waals surface area contributed by atoms with Gasteiger partial charge in [-0.05, 0) is 18.1 Å². The summed E-state index contributed by atoms with van der Waals surface area (Å²) in [7, 11) is 0. The lowest BCUT2D eigenvalue weighted by Crippen LogP contribution is -2.33. The van der Waals surface area contributed by atoms with Crippen molar-refractivity contribution in [2.24, 2.45) is 0 Å². The average molecular weight is 291 g/mol.